The van der Waals surface area contributed by atoms with Gasteiger partial charge in [0.25, 0.3) is 0 Å². The second kappa shape index (κ2) is 12.6. The van der Waals surface area contributed by atoms with E-state index in [2.05, 4.69) is 114 Å². The fourth-order valence-corrected chi connectivity index (χ4v) is 9.69. The molecule has 12 aromatic rings. The molecular weight excluding hydrogens is 717 g/mol. The van der Waals surface area contributed by atoms with Crippen LogP contribution in [0, 0.1) is 0 Å². The van der Waals surface area contributed by atoms with Gasteiger partial charge >= 0.3 is 0 Å². The van der Waals surface area contributed by atoms with Crippen LogP contribution in [0.4, 0.5) is 0 Å². The standard InChI is InChI=1S/C51H30N4OS/c1-3-13-31(14-4-1)49-52-50(32-15-5-2-6-16-32)54-51(53-49)33-25-28-45-42(29-33)39-20-11-19-38(47(39)56-45)41-22-12-21-40-37-27-26-34(30-46(37)57-48(40)41)55-43-23-9-7-17-35(43)36-18-8-10-24-44(36)55/h1-30H. The molecule has 0 unspecified atom stereocenters. The molecule has 266 valence electrons. The lowest BCUT2D eigenvalue weighted by molar-refractivity contribution is 0.670. The van der Waals surface area contributed by atoms with Crippen molar-refractivity contribution < 1.29 is 4.42 Å². The number of para-hydroxylation sites is 3. The second-order valence-corrected chi connectivity index (χ2v) is 15.4. The monoisotopic (exact) mass is 746 g/mol. The van der Waals surface area contributed by atoms with Gasteiger partial charge in [-0.3, -0.25) is 0 Å². The SMILES string of the molecule is c1ccc(-c2nc(-c3ccccc3)nc(-c3ccc4oc5c(-c6cccc7c6sc6cc(-n8c9ccccc9c9ccccc98)ccc67)cccc5c4c3)n2)cc1. The summed E-state index contributed by atoms with van der Waals surface area (Å²) < 4.78 is 11.6. The van der Waals surface area contributed by atoms with Gasteiger partial charge < -0.3 is 8.98 Å². The molecule has 0 amide bonds. The lowest BCUT2D eigenvalue weighted by Crippen LogP contribution is -2.00. The van der Waals surface area contributed by atoms with E-state index in [0.29, 0.717) is 17.5 Å². The van der Waals surface area contributed by atoms with Gasteiger partial charge in [-0.05, 0) is 42.5 Å². The van der Waals surface area contributed by atoms with Crippen LogP contribution in [0.1, 0.15) is 0 Å². The molecule has 0 bridgehead atoms. The van der Waals surface area contributed by atoms with E-state index in [1.807, 2.05) is 84.1 Å². The first-order valence-electron chi connectivity index (χ1n) is 19.0. The summed E-state index contributed by atoms with van der Waals surface area (Å²) in [5.74, 6) is 1.89. The Labute approximate surface area is 330 Å². The quantitative estimate of drug-likeness (QED) is 0.176. The van der Waals surface area contributed by atoms with Gasteiger partial charge in [-0.25, -0.2) is 15.0 Å². The van der Waals surface area contributed by atoms with Crippen LogP contribution in [0.2, 0.25) is 0 Å². The molecular formula is C51H30N4OS. The smallest absolute Gasteiger partial charge is 0.164 e. The van der Waals surface area contributed by atoms with Crippen LogP contribution in [0.25, 0.3) is 115 Å². The zero-order valence-electron chi connectivity index (χ0n) is 30.4. The van der Waals surface area contributed by atoms with Crippen molar-refractivity contribution in [2.45, 2.75) is 0 Å². The van der Waals surface area contributed by atoms with Gasteiger partial charge in [-0.15, -0.1) is 11.3 Å². The van der Waals surface area contributed by atoms with Crippen molar-refractivity contribution in [3.63, 3.8) is 0 Å². The molecule has 8 aromatic carbocycles. The van der Waals surface area contributed by atoms with Gasteiger partial charge in [0.15, 0.2) is 17.5 Å². The third-order valence-corrected chi connectivity index (χ3v) is 12.3. The fraction of sp³-hybridized carbons (Fsp3) is 0. The predicted molar refractivity (Wildman–Crippen MR) is 236 cm³/mol. The number of hydrogen-bond acceptors (Lipinski definition) is 5. The van der Waals surface area contributed by atoms with Crippen molar-refractivity contribution in [3.05, 3.63) is 182 Å². The summed E-state index contributed by atoms with van der Waals surface area (Å²) in [4.78, 5) is 14.9. The Morgan fingerprint density at radius 1 is 0.404 bits per heavy atom. The van der Waals surface area contributed by atoms with Crippen LogP contribution in [-0.2, 0) is 0 Å². The molecule has 0 aliphatic heterocycles. The van der Waals surface area contributed by atoms with E-state index in [1.54, 1.807) is 0 Å². The molecule has 0 aliphatic rings. The average Bonchev–Trinajstić information content (AvgIpc) is 3.96. The Morgan fingerprint density at radius 2 is 0.982 bits per heavy atom. The molecule has 5 nitrogen and oxygen atoms in total. The maximum atomic E-state index is 6.74. The van der Waals surface area contributed by atoms with Crippen LogP contribution in [-0.4, -0.2) is 19.5 Å². The van der Waals surface area contributed by atoms with E-state index in [4.69, 9.17) is 19.4 Å². The fourth-order valence-electron chi connectivity index (χ4n) is 8.43. The number of fused-ring (bicyclic) bond motifs is 9. The Bertz CT molecular complexity index is 3420. The zero-order chi connectivity index (χ0) is 37.5. The van der Waals surface area contributed by atoms with Crippen LogP contribution in [0.15, 0.2) is 186 Å². The Balaban J connectivity index is 0.997. The number of nitrogens with zero attached hydrogens (tertiary/aromatic N) is 4. The van der Waals surface area contributed by atoms with E-state index in [-0.39, 0.29) is 0 Å². The molecule has 0 saturated heterocycles. The highest BCUT2D eigenvalue weighted by molar-refractivity contribution is 7.26. The zero-order valence-corrected chi connectivity index (χ0v) is 31.2. The molecule has 6 heteroatoms. The molecule has 0 N–H and O–H groups in total. The van der Waals surface area contributed by atoms with Crippen LogP contribution in [0.5, 0.6) is 0 Å². The minimum atomic E-state index is 0.616. The van der Waals surface area contributed by atoms with Gasteiger partial charge in [0.05, 0.1) is 11.0 Å². The van der Waals surface area contributed by atoms with Gasteiger partial charge in [-0.1, -0.05) is 140 Å². The minimum Gasteiger partial charge on any atom is -0.455 e. The van der Waals surface area contributed by atoms with Crippen molar-refractivity contribution in [1.29, 1.82) is 0 Å². The van der Waals surface area contributed by atoms with Crippen molar-refractivity contribution >= 4 is 75.3 Å². The molecule has 0 aliphatic carbocycles. The summed E-state index contributed by atoms with van der Waals surface area (Å²) in [6.07, 6.45) is 0. The van der Waals surface area contributed by atoms with E-state index in [1.165, 1.54) is 42.0 Å². The van der Waals surface area contributed by atoms with Crippen molar-refractivity contribution in [2.75, 3.05) is 0 Å². The summed E-state index contributed by atoms with van der Waals surface area (Å²) in [7, 11) is 0. The van der Waals surface area contributed by atoms with E-state index in [0.717, 1.165) is 55.4 Å². The first kappa shape index (κ1) is 31.9. The average molecular weight is 747 g/mol. The molecule has 0 spiro atoms. The number of aromatic nitrogens is 4. The van der Waals surface area contributed by atoms with Gasteiger partial charge in [-0.2, -0.15) is 0 Å². The Hall–Kier alpha value is -7.41. The van der Waals surface area contributed by atoms with E-state index in [9.17, 15) is 0 Å². The molecule has 0 fully saturated rings. The number of thiophene rings is 1. The Morgan fingerprint density at radius 3 is 1.67 bits per heavy atom. The summed E-state index contributed by atoms with van der Waals surface area (Å²) in [6, 6.07) is 63.7. The van der Waals surface area contributed by atoms with Crippen LogP contribution >= 0.6 is 11.3 Å². The molecule has 0 radical (unpaired) electrons. The first-order valence-corrected chi connectivity index (χ1v) is 19.8. The summed E-state index contributed by atoms with van der Waals surface area (Å²) in [6.45, 7) is 0. The lowest BCUT2D eigenvalue weighted by Gasteiger charge is -2.08. The topological polar surface area (TPSA) is 56.7 Å². The van der Waals surface area contributed by atoms with E-state index >= 15 is 0 Å². The normalized spacial score (nSPS) is 11.9. The number of benzene rings is 8. The second-order valence-electron chi connectivity index (χ2n) is 14.4. The van der Waals surface area contributed by atoms with Gasteiger partial charge in [0, 0.05) is 75.2 Å². The first-order chi connectivity index (χ1) is 28.2. The molecule has 4 heterocycles. The number of rotatable bonds is 5. The molecule has 0 atom stereocenters. The van der Waals surface area contributed by atoms with Crippen molar-refractivity contribution in [3.8, 4) is 51.0 Å². The van der Waals surface area contributed by atoms with Crippen molar-refractivity contribution in [2.24, 2.45) is 0 Å². The molecule has 0 saturated carbocycles. The van der Waals surface area contributed by atoms with Crippen LogP contribution < -0.4 is 0 Å². The van der Waals surface area contributed by atoms with Crippen molar-refractivity contribution in [1.82, 2.24) is 19.5 Å². The predicted octanol–water partition coefficient (Wildman–Crippen LogP) is 13.9. The third kappa shape index (κ3) is 5.04. The lowest BCUT2D eigenvalue weighted by atomic mass is 10.00. The molecule has 4 aromatic heterocycles. The van der Waals surface area contributed by atoms with Gasteiger partial charge in [0.1, 0.15) is 11.2 Å². The highest BCUT2D eigenvalue weighted by atomic mass is 32.1. The minimum absolute atomic E-state index is 0.616. The highest BCUT2D eigenvalue weighted by Crippen LogP contribution is 2.45. The maximum absolute atomic E-state index is 6.74. The van der Waals surface area contributed by atoms with Gasteiger partial charge in [0.2, 0.25) is 0 Å². The molecule has 12 rings (SSSR count). The number of furan rings is 1. The van der Waals surface area contributed by atoms with E-state index < -0.39 is 0 Å². The third-order valence-electron chi connectivity index (χ3n) is 11.1. The highest BCUT2D eigenvalue weighted by Gasteiger charge is 2.19. The molecule has 57 heavy (non-hydrogen) atoms. The largest absolute Gasteiger partial charge is 0.455 e. The maximum Gasteiger partial charge on any atom is 0.164 e. The summed E-state index contributed by atoms with van der Waals surface area (Å²) in [5.41, 5.74) is 10.3. The Kier molecular flexibility index (Phi) is 7.03. The summed E-state index contributed by atoms with van der Waals surface area (Å²) in [5, 5.41) is 7.10. The van der Waals surface area contributed by atoms with Crippen LogP contribution in [0.3, 0.4) is 0 Å². The number of hydrogen-bond donors (Lipinski definition) is 0. The summed E-state index contributed by atoms with van der Waals surface area (Å²) >= 11 is 1.84.